The second-order valence-electron chi connectivity index (χ2n) is 6.16. The van der Waals surface area contributed by atoms with Gasteiger partial charge in [-0.15, -0.1) is 0 Å². The van der Waals surface area contributed by atoms with Gasteiger partial charge in [-0.1, -0.05) is 6.92 Å². The molecule has 7 heteroatoms. The van der Waals surface area contributed by atoms with Crippen LogP contribution in [0, 0.1) is 0 Å². The lowest BCUT2D eigenvalue weighted by atomic mass is 10.2. The van der Waals surface area contributed by atoms with Crippen molar-refractivity contribution in [2.45, 2.75) is 31.3 Å². The highest BCUT2D eigenvalue weighted by atomic mass is 32.2. The van der Waals surface area contributed by atoms with Crippen molar-refractivity contribution in [1.82, 2.24) is 9.97 Å². The number of aromatic nitrogens is 2. The molecule has 1 heterocycles. The SMILES string of the molecule is CCC(C)Oc1ccc(Nc2ncnc3ccc(S(C)(=O)=O)cc23)cc1. The summed E-state index contributed by atoms with van der Waals surface area (Å²) in [5, 5.41) is 3.87. The normalized spacial score (nSPS) is 12.7. The number of hydrogen-bond donors (Lipinski definition) is 1. The Kier molecular flexibility index (Phi) is 5.08. The first-order chi connectivity index (χ1) is 12.4. The van der Waals surface area contributed by atoms with Crippen LogP contribution in [0.25, 0.3) is 10.9 Å². The van der Waals surface area contributed by atoms with Crippen LogP contribution in [0.1, 0.15) is 20.3 Å². The van der Waals surface area contributed by atoms with Crippen molar-refractivity contribution in [3.05, 3.63) is 48.8 Å². The van der Waals surface area contributed by atoms with Crippen LogP contribution in [0.4, 0.5) is 11.5 Å². The second-order valence-corrected chi connectivity index (χ2v) is 8.18. The van der Waals surface area contributed by atoms with E-state index in [1.165, 1.54) is 12.6 Å². The third-order valence-corrected chi connectivity index (χ3v) is 5.17. The lowest BCUT2D eigenvalue weighted by molar-refractivity contribution is 0.217. The Morgan fingerprint density at radius 3 is 2.50 bits per heavy atom. The van der Waals surface area contributed by atoms with E-state index >= 15 is 0 Å². The van der Waals surface area contributed by atoms with E-state index in [1.54, 1.807) is 18.2 Å². The molecule has 3 aromatic rings. The molecule has 0 radical (unpaired) electrons. The van der Waals surface area contributed by atoms with Crippen molar-refractivity contribution < 1.29 is 13.2 Å². The maximum atomic E-state index is 11.8. The minimum atomic E-state index is -3.30. The summed E-state index contributed by atoms with van der Waals surface area (Å²) in [6.45, 7) is 4.10. The Bertz CT molecular complexity index is 1020. The Morgan fingerprint density at radius 2 is 1.85 bits per heavy atom. The summed E-state index contributed by atoms with van der Waals surface area (Å²) >= 11 is 0. The number of nitrogens with one attached hydrogen (secondary N) is 1. The summed E-state index contributed by atoms with van der Waals surface area (Å²) in [5.41, 5.74) is 1.50. The minimum Gasteiger partial charge on any atom is -0.491 e. The van der Waals surface area contributed by atoms with Crippen LogP contribution in [0.3, 0.4) is 0 Å². The number of fused-ring (bicyclic) bond motifs is 1. The molecule has 0 saturated heterocycles. The third kappa shape index (κ3) is 4.11. The van der Waals surface area contributed by atoms with Gasteiger partial charge < -0.3 is 10.1 Å². The van der Waals surface area contributed by atoms with Crippen LogP contribution >= 0.6 is 0 Å². The van der Waals surface area contributed by atoms with Gasteiger partial charge in [-0.3, -0.25) is 0 Å². The quantitative estimate of drug-likeness (QED) is 0.706. The predicted octanol–water partition coefficient (Wildman–Crippen LogP) is 3.95. The fourth-order valence-corrected chi connectivity index (χ4v) is 3.08. The Balaban J connectivity index is 1.91. The molecule has 6 nitrogen and oxygen atoms in total. The molecule has 1 N–H and O–H groups in total. The highest BCUT2D eigenvalue weighted by Gasteiger charge is 2.11. The first-order valence-electron chi connectivity index (χ1n) is 8.35. The van der Waals surface area contributed by atoms with E-state index in [9.17, 15) is 8.42 Å². The van der Waals surface area contributed by atoms with Crippen LogP contribution < -0.4 is 10.1 Å². The molecule has 1 atom stereocenters. The molecule has 0 aliphatic rings. The standard InChI is InChI=1S/C19H21N3O3S/c1-4-13(2)25-15-7-5-14(6-8-15)22-19-17-11-16(26(3,23)24)9-10-18(17)20-12-21-19/h5-13H,4H2,1-3H3,(H,20,21,22). The van der Waals surface area contributed by atoms with Crippen molar-refractivity contribution in [3.8, 4) is 5.75 Å². The third-order valence-electron chi connectivity index (χ3n) is 4.06. The highest BCUT2D eigenvalue weighted by Crippen LogP contribution is 2.26. The maximum absolute atomic E-state index is 11.8. The number of ether oxygens (including phenoxy) is 1. The molecule has 0 spiro atoms. The number of nitrogens with zero attached hydrogens (tertiary/aromatic N) is 2. The first-order valence-corrected chi connectivity index (χ1v) is 10.2. The lowest BCUT2D eigenvalue weighted by Gasteiger charge is -2.13. The molecular formula is C19H21N3O3S. The molecule has 3 rings (SSSR count). The summed E-state index contributed by atoms with van der Waals surface area (Å²) in [7, 11) is -3.30. The average molecular weight is 371 g/mol. The lowest BCUT2D eigenvalue weighted by Crippen LogP contribution is -2.09. The van der Waals surface area contributed by atoms with E-state index in [4.69, 9.17) is 4.74 Å². The van der Waals surface area contributed by atoms with Gasteiger partial charge in [0.15, 0.2) is 9.84 Å². The van der Waals surface area contributed by atoms with Gasteiger partial charge in [0.2, 0.25) is 0 Å². The Labute approximate surface area is 153 Å². The molecule has 26 heavy (non-hydrogen) atoms. The van der Waals surface area contributed by atoms with Crippen molar-refractivity contribution in [2.24, 2.45) is 0 Å². The van der Waals surface area contributed by atoms with Gasteiger partial charge in [0.25, 0.3) is 0 Å². The number of anilines is 2. The smallest absolute Gasteiger partial charge is 0.175 e. The topological polar surface area (TPSA) is 81.2 Å². The van der Waals surface area contributed by atoms with Crippen LogP contribution in [0.15, 0.2) is 53.7 Å². The zero-order valence-corrected chi connectivity index (χ0v) is 15.7. The summed E-state index contributed by atoms with van der Waals surface area (Å²) in [6, 6.07) is 12.4. The number of sulfone groups is 1. The van der Waals surface area contributed by atoms with Crippen molar-refractivity contribution in [2.75, 3.05) is 11.6 Å². The molecule has 0 aliphatic heterocycles. The molecular weight excluding hydrogens is 350 g/mol. The van der Waals surface area contributed by atoms with Gasteiger partial charge in [-0.2, -0.15) is 0 Å². The molecule has 0 amide bonds. The fraction of sp³-hybridized carbons (Fsp3) is 0.263. The monoisotopic (exact) mass is 371 g/mol. The molecule has 0 fully saturated rings. The molecule has 2 aromatic carbocycles. The molecule has 0 saturated carbocycles. The van der Waals surface area contributed by atoms with Crippen LogP contribution in [-0.4, -0.2) is 30.7 Å². The van der Waals surface area contributed by atoms with Gasteiger partial charge in [0.1, 0.15) is 17.9 Å². The van der Waals surface area contributed by atoms with Crippen molar-refractivity contribution in [3.63, 3.8) is 0 Å². The van der Waals surface area contributed by atoms with E-state index < -0.39 is 9.84 Å². The Hall–Kier alpha value is -2.67. The highest BCUT2D eigenvalue weighted by molar-refractivity contribution is 7.90. The van der Waals surface area contributed by atoms with E-state index in [2.05, 4.69) is 22.2 Å². The van der Waals surface area contributed by atoms with E-state index in [1.807, 2.05) is 31.2 Å². The molecule has 0 bridgehead atoms. The average Bonchev–Trinajstić information content (AvgIpc) is 2.62. The second kappa shape index (κ2) is 7.29. The molecule has 0 aliphatic carbocycles. The Morgan fingerprint density at radius 1 is 1.12 bits per heavy atom. The fourth-order valence-electron chi connectivity index (χ4n) is 2.44. The van der Waals surface area contributed by atoms with E-state index in [0.29, 0.717) is 16.7 Å². The van der Waals surface area contributed by atoms with Crippen molar-refractivity contribution >= 4 is 32.2 Å². The predicted molar refractivity (Wildman–Crippen MR) is 103 cm³/mol. The zero-order valence-electron chi connectivity index (χ0n) is 14.9. The molecule has 136 valence electrons. The number of hydrogen-bond acceptors (Lipinski definition) is 6. The molecule has 1 aromatic heterocycles. The van der Waals surface area contributed by atoms with E-state index in [0.717, 1.165) is 17.9 Å². The van der Waals surface area contributed by atoms with Gasteiger partial charge in [-0.05, 0) is 55.8 Å². The van der Waals surface area contributed by atoms with Gasteiger partial charge in [-0.25, -0.2) is 18.4 Å². The number of rotatable bonds is 6. The maximum Gasteiger partial charge on any atom is 0.175 e. The summed E-state index contributed by atoms with van der Waals surface area (Å²) in [6.07, 6.45) is 3.73. The first kappa shape index (κ1) is 18.1. The van der Waals surface area contributed by atoms with Gasteiger partial charge in [0.05, 0.1) is 16.5 Å². The van der Waals surface area contributed by atoms with Crippen molar-refractivity contribution in [1.29, 1.82) is 0 Å². The summed E-state index contributed by atoms with van der Waals surface area (Å²) < 4.78 is 29.4. The zero-order chi connectivity index (χ0) is 18.7. The van der Waals surface area contributed by atoms with Crippen LogP contribution in [0.2, 0.25) is 0 Å². The summed E-state index contributed by atoms with van der Waals surface area (Å²) in [4.78, 5) is 8.69. The van der Waals surface area contributed by atoms with Gasteiger partial charge in [0, 0.05) is 17.3 Å². The summed E-state index contributed by atoms with van der Waals surface area (Å²) in [5.74, 6) is 1.35. The largest absolute Gasteiger partial charge is 0.491 e. The van der Waals surface area contributed by atoms with Crippen LogP contribution in [0.5, 0.6) is 5.75 Å². The number of benzene rings is 2. The molecule has 1 unspecified atom stereocenters. The van der Waals surface area contributed by atoms with E-state index in [-0.39, 0.29) is 11.0 Å². The van der Waals surface area contributed by atoms with Crippen LogP contribution in [-0.2, 0) is 9.84 Å². The minimum absolute atomic E-state index is 0.161. The van der Waals surface area contributed by atoms with Gasteiger partial charge >= 0.3 is 0 Å².